The smallest absolute Gasteiger partial charge is 0.357 e. The van der Waals surface area contributed by atoms with Gasteiger partial charge in [-0.15, -0.1) is 0 Å². The number of nitro groups is 1. The Morgan fingerprint density at radius 3 is 2.41 bits per heavy atom. The van der Waals surface area contributed by atoms with Crippen LogP contribution in [0.5, 0.6) is 0 Å². The van der Waals surface area contributed by atoms with E-state index in [1.54, 1.807) is 36.1 Å². The van der Waals surface area contributed by atoms with Crippen molar-refractivity contribution >= 4 is 22.3 Å². The van der Waals surface area contributed by atoms with Crippen molar-refractivity contribution in [2.24, 2.45) is 0 Å². The molecule has 140 valence electrons. The van der Waals surface area contributed by atoms with Gasteiger partial charge < -0.3 is 14.6 Å². The van der Waals surface area contributed by atoms with E-state index in [0.29, 0.717) is 24.0 Å². The van der Waals surface area contributed by atoms with Crippen molar-refractivity contribution < 1.29 is 10.0 Å². The summed E-state index contributed by atoms with van der Waals surface area (Å²) in [5.74, 6) is 0. The van der Waals surface area contributed by atoms with Crippen LogP contribution >= 0.6 is 0 Å². The third kappa shape index (κ3) is 3.54. The Morgan fingerprint density at radius 1 is 1.11 bits per heavy atom. The SMILES string of the molecule is CCn1c(=O)c([N+](=O)[O-])c(N(CCO)Cc2ccccc2)c2ccccc21. The molecule has 0 amide bonds. The molecule has 0 fully saturated rings. The van der Waals surface area contributed by atoms with Gasteiger partial charge in [-0.2, -0.15) is 0 Å². The highest BCUT2D eigenvalue weighted by Gasteiger charge is 2.29. The maximum absolute atomic E-state index is 12.9. The van der Waals surface area contributed by atoms with Crippen molar-refractivity contribution in [2.45, 2.75) is 20.0 Å². The van der Waals surface area contributed by atoms with Gasteiger partial charge in [0.2, 0.25) is 0 Å². The van der Waals surface area contributed by atoms with Crippen LogP contribution in [0.1, 0.15) is 12.5 Å². The molecule has 1 aromatic heterocycles. The molecule has 0 atom stereocenters. The summed E-state index contributed by atoms with van der Waals surface area (Å²) >= 11 is 0. The number of hydrogen-bond acceptors (Lipinski definition) is 5. The van der Waals surface area contributed by atoms with E-state index >= 15 is 0 Å². The highest BCUT2D eigenvalue weighted by atomic mass is 16.6. The normalized spacial score (nSPS) is 10.9. The van der Waals surface area contributed by atoms with Crippen LogP contribution in [0.25, 0.3) is 10.9 Å². The fraction of sp³-hybridized carbons (Fsp3) is 0.250. The minimum absolute atomic E-state index is 0.176. The Hall–Kier alpha value is -3.19. The second kappa shape index (κ2) is 8.01. The first-order chi connectivity index (χ1) is 13.1. The van der Waals surface area contributed by atoms with Crippen LogP contribution in [0, 0.1) is 10.1 Å². The maximum Gasteiger partial charge on any atom is 0.357 e. The van der Waals surface area contributed by atoms with E-state index < -0.39 is 16.2 Å². The number of aliphatic hydroxyl groups is 1. The topological polar surface area (TPSA) is 88.6 Å². The maximum atomic E-state index is 12.9. The van der Waals surface area contributed by atoms with E-state index in [9.17, 15) is 20.0 Å². The van der Waals surface area contributed by atoms with Crippen LogP contribution in [-0.4, -0.2) is 27.7 Å². The van der Waals surface area contributed by atoms with E-state index in [-0.39, 0.29) is 18.8 Å². The molecule has 0 saturated heterocycles. The standard InChI is InChI=1S/C20H21N3O4/c1-2-22-17-11-7-6-10-16(17)18(19(20(22)25)23(26)27)21(12-13-24)14-15-8-4-3-5-9-15/h3-11,24H,2,12-14H2,1H3. The molecule has 0 aliphatic heterocycles. The lowest BCUT2D eigenvalue weighted by Crippen LogP contribution is -2.31. The Labute approximate surface area is 156 Å². The van der Waals surface area contributed by atoms with Gasteiger partial charge in [-0.3, -0.25) is 14.9 Å². The number of aliphatic hydroxyl groups excluding tert-OH is 1. The fourth-order valence-corrected chi connectivity index (χ4v) is 3.37. The average molecular weight is 367 g/mol. The second-order valence-corrected chi connectivity index (χ2v) is 6.15. The van der Waals surface area contributed by atoms with Gasteiger partial charge in [-0.1, -0.05) is 48.5 Å². The molecule has 0 bridgehead atoms. The molecule has 0 spiro atoms. The third-order valence-electron chi connectivity index (χ3n) is 4.52. The van der Waals surface area contributed by atoms with Crippen molar-refractivity contribution in [2.75, 3.05) is 18.1 Å². The van der Waals surface area contributed by atoms with Crippen LogP contribution in [0.4, 0.5) is 11.4 Å². The molecule has 2 aromatic carbocycles. The van der Waals surface area contributed by atoms with Crippen molar-refractivity contribution in [3.05, 3.63) is 80.6 Å². The van der Waals surface area contributed by atoms with Gasteiger partial charge in [0.25, 0.3) is 0 Å². The van der Waals surface area contributed by atoms with Gasteiger partial charge in [0.1, 0.15) is 5.69 Å². The van der Waals surface area contributed by atoms with E-state index in [4.69, 9.17) is 0 Å². The molecule has 1 heterocycles. The summed E-state index contributed by atoms with van der Waals surface area (Å²) in [4.78, 5) is 25.8. The molecular formula is C20H21N3O4. The van der Waals surface area contributed by atoms with Gasteiger partial charge in [0.15, 0.2) is 0 Å². The number of para-hydroxylation sites is 1. The number of benzene rings is 2. The predicted octanol–water partition coefficient (Wildman–Crippen LogP) is 2.93. The summed E-state index contributed by atoms with van der Waals surface area (Å²) < 4.78 is 1.41. The van der Waals surface area contributed by atoms with Gasteiger partial charge in [0, 0.05) is 25.0 Å². The number of pyridine rings is 1. The average Bonchev–Trinajstić information content (AvgIpc) is 2.67. The summed E-state index contributed by atoms with van der Waals surface area (Å²) in [6, 6.07) is 16.6. The van der Waals surface area contributed by atoms with Crippen molar-refractivity contribution in [1.29, 1.82) is 0 Å². The van der Waals surface area contributed by atoms with Crippen molar-refractivity contribution in [1.82, 2.24) is 4.57 Å². The number of anilines is 1. The molecule has 0 unspecified atom stereocenters. The molecule has 1 N–H and O–H groups in total. The minimum atomic E-state index is -0.632. The Bertz CT molecular complexity index is 1010. The van der Waals surface area contributed by atoms with E-state index in [2.05, 4.69) is 0 Å². The molecule has 0 aliphatic carbocycles. The lowest BCUT2D eigenvalue weighted by Gasteiger charge is -2.26. The fourth-order valence-electron chi connectivity index (χ4n) is 3.37. The molecule has 0 saturated carbocycles. The monoisotopic (exact) mass is 367 g/mol. The summed E-state index contributed by atoms with van der Waals surface area (Å²) in [6.45, 7) is 2.46. The van der Waals surface area contributed by atoms with Crippen LogP contribution in [-0.2, 0) is 13.1 Å². The predicted molar refractivity (Wildman–Crippen MR) is 105 cm³/mol. The van der Waals surface area contributed by atoms with E-state index in [1.165, 1.54) is 4.57 Å². The molecule has 27 heavy (non-hydrogen) atoms. The third-order valence-corrected chi connectivity index (χ3v) is 4.52. The first-order valence-corrected chi connectivity index (χ1v) is 8.78. The highest BCUT2D eigenvalue weighted by molar-refractivity contribution is 5.96. The molecular weight excluding hydrogens is 346 g/mol. The summed E-state index contributed by atoms with van der Waals surface area (Å²) in [5, 5.41) is 22.0. The van der Waals surface area contributed by atoms with Gasteiger partial charge in [0.05, 0.1) is 17.0 Å². The number of hydrogen-bond donors (Lipinski definition) is 1. The summed E-state index contributed by atoms with van der Waals surface area (Å²) in [5.41, 5.74) is 0.737. The molecule has 3 rings (SSSR count). The van der Waals surface area contributed by atoms with Gasteiger partial charge >= 0.3 is 11.2 Å². The molecule has 3 aromatic rings. The second-order valence-electron chi connectivity index (χ2n) is 6.15. The lowest BCUT2D eigenvalue weighted by molar-refractivity contribution is -0.385. The number of aromatic nitrogens is 1. The highest BCUT2D eigenvalue weighted by Crippen LogP contribution is 2.34. The first-order valence-electron chi connectivity index (χ1n) is 8.78. The number of nitrogens with zero attached hydrogens (tertiary/aromatic N) is 3. The van der Waals surface area contributed by atoms with Gasteiger partial charge in [-0.25, -0.2) is 0 Å². The zero-order valence-electron chi connectivity index (χ0n) is 15.0. The first kappa shape index (κ1) is 18.6. The summed E-state index contributed by atoms with van der Waals surface area (Å²) in [7, 11) is 0. The zero-order chi connectivity index (χ0) is 19.4. The number of fused-ring (bicyclic) bond motifs is 1. The van der Waals surface area contributed by atoms with Crippen LogP contribution in [0.15, 0.2) is 59.4 Å². The van der Waals surface area contributed by atoms with Crippen molar-refractivity contribution in [3.63, 3.8) is 0 Å². The van der Waals surface area contributed by atoms with E-state index in [1.807, 2.05) is 30.3 Å². The van der Waals surface area contributed by atoms with Gasteiger partial charge in [-0.05, 0) is 18.6 Å². The zero-order valence-corrected chi connectivity index (χ0v) is 15.0. The molecule has 7 heteroatoms. The molecule has 7 nitrogen and oxygen atoms in total. The Morgan fingerprint density at radius 2 is 1.78 bits per heavy atom. The van der Waals surface area contributed by atoms with Crippen molar-refractivity contribution in [3.8, 4) is 0 Å². The summed E-state index contributed by atoms with van der Waals surface area (Å²) in [6.07, 6.45) is 0. The number of aryl methyl sites for hydroxylation is 1. The molecule has 0 aliphatic rings. The number of rotatable bonds is 7. The Balaban J connectivity index is 2.31. The van der Waals surface area contributed by atoms with E-state index in [0.717, 1.165) is 5.56 Å². The lowest BCUT2D eigenvalue weighted by atomic mass is 10.1. The minimum Gasteiger partial charge on any atom is -0.395 e. The Kier molecular flexibility index (Phi) is 5.52. The quantitative estimate of drug-likeness (QED) is 0.512. The van der Waals surface area contributed by atoms with Crippen LogP contribution in [0.2, 0.25) is 0 Å². The van der Waals surface area contributed by atoms with Crippen LogP contribution < -0.4 is 10.5 Å². The largest absolute Gasteiger partial charge is 0.395 e. The van der Waals surface area contributed by atoms with Crippen LogP contribution in [0.3, 0.4) is 0 Å². The molecule has 0 radical (unpaired) electrons.